The molecule has 0 heterocycles. The summed E-state index contributed by atoms with van der Waals surface area (Å²) in [5.74, 6) is 0.855. The van der Waals surface area contributed by atoms with E-state index < -0.39 is 6.09 Å². The minimum Gasteiger partial charge on any atom is -0.465 e. The van der Waals surface area contributed by atoms with Gasteiger partial charge in [0.25, 0.3) is 0 Å². The molecule has 0 unspecified atom stereocenters. The van der Waals surface area contributed by atoms with E-state index in [0.29, 0.717) is 18.3 Å². The van der Waals surface area contributed by atoms with Gasteiger partial charge in [-0.15, -0.1) is 0 Å². The quantitative estimate of drug-likeness (QED) is 0.735. The van der Waals surface area contributed by atoms with Crippen LogP contribution in [0.3, 0.4) is 0 Å². The van der Waals surface area contributed by atoms with Crippen LogP contribution in [0.4, 0.5) is 10.5 Å². The van der Waals surface area contributed by atoms with Crippen LogP contribution >= 0.6 is 0 Å². The summed E-state index contributed by atoms with van der Waals surface area (Å²) < 4.78 is 0. The molecule has 4 heteroatoms. The maximum Gasteiger partial charge on any atom is 0.409 e. The fourth-order valence-electron chi connectivity index (χ4n) is 3.20. The van der Waals surface area contributed by atoms with Gasteiger partial charge in [0.1, 0.15) is 0 Å². The second kappa shape index (κ2) is 8.03. The van der Waals surface area contributed by atoms with Crippen LogP contribution in [0.5, 0.6) is 0 Å². The maximum absolute atomic E-state index is 10.8. The second-order valence-electron chi connectivity index (χ2n) is 6.11. The minimum absolute atomic E-state index is 0.464. The van der Waals surface area contributed by atoms with E-state index in [1.54, 1.807) is 6.07 Å². The molecule has 1 fully saturated rings. The van der Waals surface area contributed by atoms with Crippen molar-refractivity contribution in [1.82, 2.24) is 5.32 Å². The molecule has 3 N–H and O–H groups in total. The largest absolute Gasteiger partial charge is 0.465 e. The van der Waals surface area contributed by atoms with Crippen molar-refractivity contribution in [3.05, 3.63) is 29.8 Å². The number of anilines is 1. The van der Waals surface area contributed by atoms with Gasteiger partial charge in [-0.25, -0.2) is 4.79 Å². The number of benzene rings is 1. The molecule has 116 valence electrons. The Morgan fingerprint density at radius 1 is 1.29 bits per heavy atom. The summed E-state index contributed by atoms with van der Waals surface area (Å²) in [4.78, 5) is 10.8. The van der Waals surface area contributed by atoms with Gasteiger partial charge in [-0.1, -0.05) is 50.3 Å². The third kappa shape index (κ3) is 5.38. The van der Waals surface area contributed by atoms with E-state index in [9.17, 15) is 4.79 Å². The first kappa shape index (κ1) is 15.8. The first-order valence-electron chi connectivity index (χ1n) is 7.96. The molecule has 1 aliphatic carbocycles. The van der Waals surface area contributed by atoms with Crippen molar-refractivity contribution in [2.75, 3.05) is 5.32 Å². The molecule has 2 rings (SSSR count). The summed E-state index contributed by atoms with van der Waals surface area (Å²) in [5, 5.41) is 14.8. The van der Waals surface area contributed by atoms with E-state index in [1.807, 2.05) is 18.2 Å². The Labute approximate surface area is 126 Å². The number of hydrogen-bond acceptors (Lipinski definition) is 2. The molecule has 1 amide bonds. The van der Waals surface area contributed by atoms with Crippen molar-refractivity contribution >= 4 is 11.8 Å². The lowest BCUT2D eigenvalue weighted by Gasteiger charge is -2.25. The van der Waals surface area contributed by atoms with Gasteiger partial charge in [0.05, 0.1) is 0 Å². The van der Waals surface area contributed by atoms with Gasteiger partial charge in [0.15, 0.2) is 0 Å². The van der Waals surface area contributed by atoms with Crippen LogP contribution < -0.4 is 10.6 Å². The standard InChI is InChI=1S/C17H26N2O2/c1-13(11-14-7-3-2-4-8-14)18-12-15-9-5-6-10-16(15)19-17(20)21/h5-6,9-10,13-14,18-19H,2-4,7-8,11-12H2,1H3,(H,20,21)/t13-/m0/s1. The number of amides is 1. The van der Waals surface area contributed by atoms with Gasteiger partial charge in [-0.3, -0.25) is 5.32 Å². The van der Waals surface area contributed by atoms with Gasteiger partial charge in [-0.2, -0.15) is 0 Å². The van der Waals surface area contributed by atoms with Crippen molar-refractivity contribution in [2.45, 2.75) is 58.0 Å². The minimum atomic E-state index is -1.02. The predicted octanol–water partition coefficient (Wildman–Crippen LogP) is 4.23. The molecule has 1 aliphatic rings. The number of carbonyl (C=O) groups is 1. The van der Waals surface area contributed by atoms with Gasteiger partial charge >= 0.3 is 6.09 Å². The lowest BCUT2D eigenvalue weighted by atomic mass is 9.85. The topological polar surface area (TPSA) is 61.4 Å². The van der Waals surface area contributed by atoms with Crippen LogP contribution in [-0.4, -0.2) is 17.2 Å². The molecule has 0 radical (unpaired) electrons. The molecule has 1 aromatic carbocycles. The normalized spacial score (nSPS) is 17.4. The Bertz CT molecular complexity index is 456. The van der Waals surface area contributed by atoms with E-state index in [2.05, 4.69) is 17.6 Å². The van der Waals surface area contributed by atoms with Crippen molar-refractivity contribution in [3.8, 4) is 0 Å². The highest BCUT2D eigenvalue weighted by Gasteiger charge is 2.16. The third-order valence-electron chi connectivity index (χ3n) is 4.31. The van der Waals surface area contributed by atoms with Gasteiger partial charge in [0, 0.05) is 18.3 Å². The smallest absolute Gasteiger partial charge is 0.409 e. The summed E-state index contributed by atoms with van der Waals surface area (Å²) in [6.45, 7) is 2.92. The Kier molecular flexibility index (Phi) is 6.05. The van der Waals surface area contributed by atoms with E-state index in [4.69, 9.17) is 5.11 Å². The average molecular weight is 290 g/mol. The highest BCUT2D eigenvalue weighted by atomic mass is 16.4. The van der Waals surface area contributed by atoms with Crippen LogP contribution in [0.1, 0.15) is 51.0 Å². The van der Waals surface area contributed by atoms with Crippen LogP contribution in [0, 0.1) is 5.92 Å². The fraction of sp³-hybridized carbons (Fsp3) is 0.588. The predicted molar refractivity (Wildman–Crippen MR) is 85.6 cm³/mol. The van der Waals surface area contributed by atoms with E-state index >= 15 is 0 Å². The summed E-state index contributed by atoms with van der Waals surface area (Å²) in [6.07, 6.45) is 7.08. The molecule has 21 heavy (non-hydrogen) atoms. The lowest BCUT2D eigenvalue weighted by molar-refractivity contribution is 0.209. The van der Waals surface area contributed by atoms with Crippen LogP contribution in [-0.2, 0) is 6.54 Å². The Hall–Kier alpha value is -1.55. The third-order valence-corrected chi connectivity index (χ3v) is 4.31. The molecule has 1 atom stereocenters. The number of carboxylic acid groups (broad SMARTS) is 1. The molecule has 0 aliphatic heterocycles. The summed E-state index contributed by atoms with van der Waals surface area (Å²) in [7, 11) is 0. The van der Waals surface area contributed by atoms with E-state index in [-0.39, 0.29) is 0 Å². The number of nitrogens with one attached hydrogen (secondary N) is 2. The first-order valence-corrected chi connectivity index (χ1v) is 7.96. The highest BCUT2D eigenvalue weighted by Crippen LogP contribution is 2.27. The molecule has 4 nitrogen and oxygen atoms in total. The highest BCUT2D eigenvalue weighted by molar-refractivity contribution is 5.83. The summed E-state index contributed by atoms with van der Waals surface area (Å²) >= 11 is 0. The Morgan fingerprint density at radius 3 is 2.71 bits per heavy atom. The lowest BCUT2D eigenvalue weighted by Crippen LogP contribution is -2.29. The first-order chi connectivity index (χ1) is 10.1. The monoisotopic (exact) mass is 290 g/mol. The molecule has 0 spiro atoms. The zero-order chi connectivity index (χ0) is 15.1. The zero-order valence-corrected chi connectivity index (χ0v) is 12.8. The summed E-state index contributed by atoms with van der Waals surface area (Å²) in [5.41, 5.74) is 1.66. The van der Waals surface area contributed by atoms with Crippen molar-refractivity contribution in [3.63, 3.8) is 0 Å². The Morgan fingerprint density at radius 2 is 2.00 bits per heavy atom. The van der Waals surface area contributed by atoms with Crippen LogP contribution in [0.15, 0.2) is 24.3 Å². The molecule has 1 saturated carbocycles. The van der Waals surface area contributed by atoms with Gasteiger partial charge in [-0.05, 0) is 30.9 Å². The average Bonchev–Trinajstić information content (AvgIpc) is 2.47. The molecule has 1 aromatic rings. The van der Waals surface area contributed by atoms with Crippen molar-refractivity contribution < 1.29 is 9.90 Å². The molecular weight excluding hydrogens is 264 g/mol. The SMILES string of the molecule is C[C@@H](CC1CCCCC1)NCc1ccccc1NC(=O)O. The van der Waals surface area contributed by atoms with Gasteiger partial charge in [0.2, 0.25) is 0 Å². The summed E-state index contributed by atoms with van der Waals surface area (Å²) in [6, 6.07) is 8.02. The van der Waals surface area contributed by atoms with Crippen LogP contribution in [0.25, 0.3) is 0 Å². The molecule has 0 aromatic heterocycles. The van der Waals surface area contributed by atoms with E-state index in [0.717, 1.165) is 11.5 Å². The fourth-order valence-corrected chi connectivity index (χ4v) is 3.20. The number of para-hydroxylation sites is 1. The molecule has 0 bridgehead atoms. The van der Waals surface area contributed by atoms with Crippen LogP contribution in [0.2, 0.25) is 0 Å². The number of rotatable bonds is 6. The second-order valence-corrected chi connectivity index (χ2v) is 6.11. The van der Waals surface area contributed by atoms with E-state index in [1.165, 1.54) is 38.5 Å². The van der Waals surface area contributed by atoms with Crippen molar-refractivity contribution in [2.24, 2.45) is 5.92 Å². The molecular formula is C17H26N2O2. The van der Waals surface area contributed by atoms with Crippen molar-refractivity contribution in [1.29, 1.82) is 0 Å². The zero-order valence-electron chi connectivity index (χ0n) is 12.8. The maximum atomic E-state index is 10.8. The van der Waals surface area contributed by atoms with Gasteiger partial charge < -0.3 is 10.4 Å². The number of hydrogen-bond donors (Lipinski definition) is 3. The Balaban J connectivity index is 1.82. The molecule has 0 saturated heterocycles.